The molecule has 366 valence electrons. The molecule has 0 saturated heterocycles. The summed E-state index contributed by atoms with van der Waals surface area (Å²) in [4.78, 5) is 9.45. The van der Waals surface area contributed by atoms with Gasteiger partial charge in [0.15, 0.2) is 0 Å². The summed E-state index contributed by atoms with van der Waals surface area (Å²) in [5.41, 5.74) is 14.0. The van der Waals surface area contributed by atoms with Gasteiger partial charge >= 0.3 is 0 Å². The van der Waals surface area contributed by atoms with E-state index in [0.717, 1.165) is 84.3 Å². The third-order valence-corrected chi connectivity index (χ3v) is 14.3. The Morgan fingerprint density at radius 1 is 0.542 bits per heavy atom. The number of anilines is 4. The van der Waals surface area contributed by atoms with Crippen LogP contribution in [0.2, 0.25) is 0 Å². The van der Waals surface area contributed by atoms with E-state index in [1.807, 2.05) is 44.3 Å². The van der Waals surface area contributed by atoms with E-state index in [1.54, 1.807) is 0 Å². The Morgan fingerprint density at radius 3 is 1.76 bits per heavy atom. The van der Waals surface area contributed by atoms with Crippen molar-refractivity contribution in [1.82, 2.24) is 9.55 Å². The van der Waals surface area contributed by atoms with Crippen LogP contribution >= 0.6 is 0 Å². The van der Waals surface area contributed by atoms with E-state index in [0.29, 0.717) is 23.7 Å². The molecule has 0 radical (unpaired) electrons. The summed E-state index contributed by atoms with van der Waals surface area (Å²) in [7, 11) is 0. The quantitative estimate of drug-likeness (QED) is 0.137. The van der Waals surface area contributed by atoms with Crippen molar-refractivity contribution < 1.29 is 14.9 Å². The van der Waals surface area contributed by atoms with Gasteiger partial charge in [0.2, 0.25) is 0 Å². The highest BCUT2D eigenvalue weighted by Crippen LogP contribution is 2.52. The van der Waals surface area contributed by atoms with Crippen molar-refractivity contribution >= 4 is 44.6 Å². The Labute approximate surface area is 426 Å². The average molecular weight is 958 g/mol. The van der Waals surface area contributed by atoms with Gasteiger partial charge in [-0.1, -0.05) is 132 Å². The maximum absolute atomic E-state index is 15.5. The van der Waals surface area contributed by atoms with E-state index in [-0.39, 0.29) is 22.7 Å². The molecule has 0 amide bonds. The molecule has 0 bridgehead atoms. The maximum Gasteiger partial charge on any atom is 0.137 e. The van der Waals surface area contributed by atoms with Gasteiger partial charge in [-0.25, -0.2) is 13.8 Å². The van der Waals surface area contributed by atoms with Crippen LogP contribution in [0.5, 0.6) is 11.5 Å². The normalized spacial score (nSPS) is 13.5. The Morgan fingerprint density at radius 2 is 1.14 bits per heavy atom. The van der Waals surface area contributed by atoms with Crippen LogP contribution in [0, 0.1) is 11.6 Å². The molecule has 0 N–H and O–H groups in total. The van der Waals surface area contributed by atoms with Crippen LogP contribution in [0.25, 0.3) is 49.9 Å². The minimum atomic E-state index is -0.979. The minimum Gasteiger partial charge on any atom is -0.457 e. The van der Waals surface area contributed by atoms with Crippen LogP contribution < -0.4 is 14.5 Å². The van der Waals surface area contributed by atoms with Gasteiger partial charge in [0.05, 0.1) is 28.1 Å². The van der Waals surface area contributed by atoms with E-state index >= 15 is 8.78 Å². The van der Waals surface area contributed by atoms with E-state index in [4.69, 9.17) is 9.72 Å². The van der Waals surface area contributed by atoms with E-state index in [1.165, 1.54) is 28.8 Å². The molecule has 0 unspecified atom stereocenters. The number of para-hydroxylation sites is 3. The summed E-state index contributed by atoms with van der Waals surface area (Å²) < 4.78 is 49.5. The Balaban J connectivity index is 1.14. The first kappa shape index (κ1) is 47.1. The Hall–Kier alpha value is -7.25. The summed E-state index contributed by atoms with van der Waals surface area (Å²) >= 11 is 0. The molecule has 0 saturated carbocycles. The van der Waals surface area contributed by atoms with Crippen molar-refractivity contribution in [1.29, 1.82) is 0 Å². The molecule has 10 rings (SSSR count). The molecule has 3 heterocycles. The molecule has 0 aliphatic carbocycles. The van der Waals surface area contributed by atoms with Crippen LogP contribution in [-0.2, 0) is 10.8 Å². The Bertz CT molecular complexity index is 3540. The number of benzene rings is 7. The number of halogens is 2. The van der Waals surface area contributed by atoms with Gasteiger partial charge in [-0.05, 0) is 146 Å². The lowest BCUT2D eigenvalue weighted by Crippen LogP contribution is -2.25. The topological polar surface area (TPSA) is 33.5 Å². The SMILES string of the molecule is [2H]C(C)(C)c1cc(Oc2ccc3c4ccccc4n(-c4cc(C(C)(C)C)ccn4)c3c2)cc(N2CN(c3c(-c4cc(F)cc(F)c4)cc(C(C)(C)C)cc3-c3cc(C(C)C)cc(C(C)C)c3)c3ccccc32)c1. The van der Waals surface area contributed by atoms with Crippen molar-refractivity contribution in [3.8, 4) is 39.6 Å². The molecular weight excluding hydrogens is 891 g/mol. The summed E-state index contributed by atoms with van der Waals surface area (Å²) in [5.74, 6) is 0.373. The summed E-state index contributed by atoms with van der Waals surface area (Å²) in [6, 6.07) is 48.5. The number of nitrogens with zero attached hydrogens (tertiary/aromatic N) is 4. The molecule has 0 fully saturated rings. The first-order chi connectivity index (χ1) is 34.5. The van der Waals surface area contributed by atoms with Gasteiger partial charge in [0.1, 0.15) is 35.6 Å². The van der Waals surface area contributed by atoms with E-state index < -0.39 is 17.5 Å². The standard InChI is InChI=1S/C65H66F2N4O/c1-39(2)42-25-43(40(3)4)27-45(26-42)56-32-48(65(10,11)12)33-57(46-28-49(66)35-50(67)29-46)63(56)70-38-69(59-19-15-16-20-60(59)70)51-30-44(41(5)6)31-53(36-51)72-52-21-22-55-54-17-13-14-18-58(54)71(61(55)37-52)62-34-47(23-24-68-62)64(7,8)9/h13-37,39-41H,38H2,1-12H3/i41D. The number of pyridine rings is 1. The molecule has 72 heavy (non-hydrogen) atoms. The number of aromatic nitrogens is 2. The second-order valence-corrected chi connectivity index (χ2v) is 22.5. The molecular formula is C65H66F2N4O. The zero-order valence-electron chi connectivity index (χ0n) is 44.7. The maximum atomic E-state index is 15.5. The highest BCUT2D eigenvalue weighted by atomic mass is 19.1. The molecule has 5 nitrogen and oxygen atoms in total. The van der Waals surface area contributed by atoms with Crippen molar-refractivity contribution in [2.24, 2.45) is 0 Å². The Kier molecular flexibility index (Phi) is 12.0. The van der Waals surface area contributed by atoms with Crippen molar-refractivity contribution in [3.63, 3.8) is 0 Å². The molecule has 2 aromatic heterocycles. The van der Waals surface area contributed by atoms with Gasteiger partial charge in [0.25, 0.3) is 0 Å². The lowest BCUT2D eigenvalue weighted by molar-refractivity contribution is 0.482. The molecule has 7 heteroatoms. The molecule has 7 aromatic carbocycles. The van der Waals surface area contributed by atoms with Gasteiger partial charge in [0, 0.05) is 53.4 Å². The van der Waals surface area contributed by atoms with Crippen molar-refractivity contribution in [3.05, 3.63) is 191 Å². The van der Waals surface area contributed by atoms with Crippen LogP contribution in [-0.4, -0.2) is 16.2 Å². The van der Waals surface area contributed by atoms with Gasteiger partial charge in [-0.3, -0.25) is 4.57 Å². The lowest BCUT2D eigenvalue weighted by Gasteiger charge is -2.31. The highest BCUT2D eigenvalue weighted by Gasteiger charge is 2.34. The zero-order chi connectivity index (χ0) is 51.9. The van der Waals surface area contributed by atoms with E-state index in [9.17, 15) is 1.37 Å². The van der Waals surface area contributed by atoms with E-state index in [2.05, 4.69) is 187 Å². The summed E-state index contributed by atoms with van der Waals surface area (Å²) in [6.45, 7) is 26.2. The number of ether oxygens (including phenoxy) is 1. The first-order valence-electron chi connectivity index (χ1n) is 25.8. The number of hydrogen-bond acceptors (Lipinski definition) is 4. The molecule has 9 aromatic rings. The van der Waals surface area contributed by atoms with Gasteiger partial charge in [-0.15, -0.1) is 0 Å². The minimum absolute atomic E-state index is 0.0644. The predicted molar refractivity (Wildman–Crippen MR) is 298 cm³/mol. The molecule has 1 aliphatic heterocycles. The monoisotopic (exact) mass is 958 g/mol. The average Bonchev–Trinajstić information content (AvgIpc) is 3.88. The fourth-order valence-corrected chi connectivity index (χ4v) is 10.1. The predicted octanol–water partition coefficient (Wildman–Crippen LogP) is 18.8. The van der Waals surface area contributed by atoms with Gasteiger partial charge in [-0.2, -0.15) is 0 Å². The zero-order valence-corrected chi connectivity index (χ0v) is 43.7. The second-order valence-electron chi connectivity index (χ2n) is 22.5. The second kappa shape index (κ2) is 18.4. The summed E-state index contributed by atoms with van der Waals surface area (Å²) in [5, 5.41) is 2.22. The van der Waals surface area contributed by atoms with Crippen LogP contribution in [0.1, 0.15) is 130 Å². The number of fused-ring (bicyclic) bond motifs is 4. The van der Waals surface area contributed by atoms with Crippen LogP contribution in [0.4, 0.5) is 31.5 Å². The molecule has 0 spiro atoms. The van der Waals surface area contributed by atoms with Crippen molar-refractivity contribution in [2.75, 3.05) is 16.5 Å². The molecule has 0 atom stereocenters. The fraction of sp³-hybridized carbons (Fsp3) is 0.277. The van der Waals surface area contributed by atoms with Crippen molar-refractivity contribution in [2.45, 2.75) is 112 Å². The van der Waals surface area contributed by atoms with Gasteiger partial charge < -0.3 is 14.5 Å². The van der Waals surface area contributed by atoms with Crippen LogP contribution in [0.15, 0.2) is 152 Å². The molecule has 1 aliphatic rings. The van der Waals surface area contributed by atoms with Crippen LogP contribution in [0.3, 0.4) is 0 Å². The number of rotatable bonds is 10. The fourth-order valence-electron chi connectivity index (χ4n) is 10.1. The third-order valence-electron chi connectivity index (χ3n) is 14.3. The lowest BCUT2D eigenvalue weighted by atomic mass is 9.81. The third kappa shape index (κ3) is 9.15. The smallest absolute Gasteiger partial charge is 0.137 e. The number of hydrogen-bond donors (Lipinski definition) is 0. The summed E-state index contributed by atoms with van der Waals surface area (Å²) in [6.07, 6.45) is 1.89. The first-order valence-corrected chi connectivity index (χ1v) is 25.3. The highest BCUT2D eigenvalue weighted by molar-refractivity contribution is 6.09. The largest absolute Gasteiger partial charge is 0.457 e.